The molecular weight excluding hydrogens is 340 g/mol. The third-order valence-electron chi connectivity index (χ3n) is 3.87. The summed E-state index contributed by atoms with van der Waals surface area (Å²) in [7, 11) is -3.45. The molecule has 1 unspecified atom stereocenters. The average Bonchev–Trinajstić information content (AvgIpc) is 2.67. The zero-order valence-corrected chi connectivity index (χ0v) is 14.1. The predicted octanol–water partition coefficient (Wildman–Crippen LogP) is 3.37. The van der Waals surface area contributed by atoms with Crippen molar-refractivity contribution >= 4 is 31.6 Å². The monoisotopic (exact) mass is 360 g/mol. The summed E-state index contributed by atoms with van der Waals surface area (Å²) in [6.45, 7) is 2.66. The van der Waals surface area contributed by atoms with Gasteiger partial charge in [-0.25, -0.2) is 8.42 Å². The smallest absolute Gasteiger partial charge is 0.243 e. The molecule has 1 aromatic carbocycles. The molecule has 1 fully saturated rings. The number of nitrogens with zero attached hydrogens (tertiary/aromatic N) is 1. The molecule has 0 radical (unpaired) electrons. The molecule has 0 saturated carbocycles. The van der Waals surface area contributed by atoms with Crippen molar-refractivity contribution in [2.24, 2.45) is 0 Å². The molecule has 1 aliphatic heterocycles. The van der Waals surface area contributed by atoms with E-state index in [1.165, 1.54) is 6.07 Å². The number of hydrogen-bond donors (Lipinski definition) is 1. The standard InChI is InChI=1S/C14H21BrN2O2S/c1-2-11-6-4-3-5-9-17(11)20(18,19)12-7-8-13(15)14(16)10-12/h7-8,10-11H,2-6,9,16H2,1H3. The Morgan fingerprint density at radius 3 is 2.75 bits per heavy atom. The summed E-state index contributed by atoms with van der Waals surface area (Å²) in [5.41, 5.74) is 6.27. The van der Waals surface area contributed by atoms with Crippen LogP contribution in [0.1, 0.15) is 39.0 Å². The molecule has 1 aliphatic rings. The van der Waals surface area contributed by atoms with Crippen LogP contribution in [-0.4, -0.2) is 25.3 Å². The third-order valence-corrected chi connectivity index (χ3v) is 6.54. The highest BCUT2D eigenvalue weighted by molar-refractivity contribution is 9.10. The van der Waals surface area contributed by atoms with Crippen LogP contribution in [0, 0.1) is 0 Å². The number of benzene rings is 1. The molecule has 0 aliphatic carbocycles. The Kier molecular flexibility index (Phi) is 5.09. The zero-order chi connectivity index (χ0) is 14.8. The van der Waals surface area contributed by atoms with Crippen LogP contribution in [0.25, 0.3) is 0 Å². The number of halogens is 1. The van der Waals surface area contributed by atoms with Crippen LogP contribution in [0.2, 0.25) is 0 Å². The van der Waals surface area contributed by atoms with Crippen molar-refractivity contribution in [2.45, 2.75) is 50.0 Å². The highest BCUT2D eigenvalue weighted by atomic mass is 79.9. The average molecular weight is 361 g/mol. The fraction of sp³-hybridized carbons (Fsp3) is 0.571. The molecular formula is C14H21BrN2O2S. The predicted molar refractivity (Wildman–Crippen MR) is 85.0 cm³/mol. The van der Waals surface area contributed by atoms with Crippen LogP contribution in [0.4, 0.5) is 5.69 Å². The number of nitrogen functional groups attached to an aromatic ring is 1. The molecule has 2 rings (SSSR count). The van der Waals surface area contributed by atoms with Gasteiger partial charge in [0.05, 0.1) is 4.90 Å². The summed E-state index contributed by atoms with van der Waals surface area (Å²) in [5, 5.41) is 0. The molecule has 6 heteroatoms. The van der Waals surface area contributed by atoms with Gasteiger partial charge in [-0.15, -0.1) is 0 Å². The first-order valence-electron chi connectivity index (χ1n) is 7.03. The topological polar surface area (TPSA) is 63.4 Å². The lowest BCUT2D eigenvalue weighted by atomic mass is 10.1. The van der Waals surface area contributed by atoms with Crippen molar-refractivity contribution in [3.05, 3.63) is 22.7 Å². The zero-order valence-electron chi connectivity index (χ0n) is 11.7. The van der Waals surface area contributed by atoms with Gasteiger partial charge in [0.25, 0.3) is 0 Å². The van der Waals surface area contributed by atoms with Gasteiger partial charge in [-0.3, -0.25) is 0 Å². The normalized spacial score (nSPS) is 21.6. The SMILES string of the molecule is CCC1CCCCCN1S(=O)(=O)c1ccc(Br)c(N)c1. The second kappa shape index (κ2) is 6.45. The maximum atomic E-state index is 12.8. The quantitative estimate of drug-likeness (QED) is 0.840. The fourth-order valence-electron chi connectivity index (χ4n) is 2.69. The molecule has 1 heterocycles. The van der Waals surface area contributed by atoms with E-state index in [9.17, 15) is 8.42 Å². The molecule has 0 aromatic heterocycles. The maximum absolute atomic E-state index is 12.8. The second-order valence-corrected chi connectivity index (χ2v) is 7.96. The number of anilines is 1. The number of nitrogens with two attached hydrogens (primary N) is 1. The van der Waals surface area contributed by atoms with Gasteiger partial charge in [-0.05, 0) is 53.4 Å². The highest BCUT2D eigenvalue weighted by Gasteiger charge is 2.31. The summed E-state index contributed by atoms with van der Waals surface area (Å²) >= 11 is 3.30. The van der Waals surface area contributed by atoms with Crippen molar-refractivity contribution in [1.29, 1.82) is 0 Å². The van der Waals surface area contributed by atoms with Crippen molar-refractivity contribution in [3.8, 4) is 0 Å². The summed E-state index contributed by atoms with van der Waals surface area (Å²) in [4.78, 5) is 0.290. The van der Waals surface area contributed by atoms with Crippen molar-refractivity contribution in [2.75, 3.05) is 12.3 Å². The Morgan fingerprint density at radius 2 is 2.10 bits per heavy atom. The van der Waals surface area contributed by atoms with E-state index in [4.69, 9.17) is 5.73 Å². The van der Waals surface area contributed by atoms with Crippen LogP contribution in [0.3, 0.4) is 0 Å². The number of sulfonamides is 1. The summed E-state index contributed by atoms with van der Waals surface area (Å²) in [6, 6.07) is 4.96. The van der Waals surface area contributed by atoms with Crippen LogP contribution >= 0.6 is 15.9 Å². The number of rotatable bonds is 3. The lowest BCUT2D eigenvalue weighted by molar-refractivity contribution is 0.315. The van der Waals surface area contributed by atoms with Gasteiger partial charge < -0.3 is 5.73 Å². The minimum absolute atomic E-state index is 0.104. The molecule has 2 N–H and O–H groups in total. The van der Waals surface area contributed by atoms with E-state index in [1.807, 2.05) is 0 Å². The highest BCUT2D eigenvalue weighted by Crippen LogP contribution is 2.29. The molecule has 1 saturated heterocycles. The van der Waals surface area contributed by atoms with Gasteiger partial charge >= 0.3 is 0 Å². The largest absolute Gasteiger partial charge is 0.398 e. The maximum Gasteiger partial charge on any atom is 0.243 e. The molecule has 1 atom stereocenters. The number of hydrogen-bond acceptors (Lipinski definition) is 3. The van der Waals surface area contributed by atoms with Crippen LogP contribution in [-0.2, 0) is 10.0 Å². The lowest BCUT2D eigenvalue weighted by Gasteiger charge is -2.28. The first-order valence-corrected chi connectivity index (χ1v) is 9.27. The van der Waals surface area contributed by atoms with Gasteiger partial charge in [0.2, 0.25) is 10.0 Å². The van der Waals surface area contributed by atoms with Gasteiger partial charge in [0.1, 0.15) is 0 Å². The van der Waals surface area contributed by atoms with Crippen LogP contribution < -0.4 is 5.73 Å². The first kappa shape index (κ1) is 15.8. The molecule has 0 amide bonds. The Hall–Kier alpha value is -0.590. The van der Waals surface area contributed by atoms with Gasteiger partial charge in [0.15, 0.2) is 0 Å². The summed E-state index contributed by atoms with van der Waals surface area (Å²) in [5.74, 6) is 0. The first-order chi connectivity index (χ1) is 9.46. The molecule has 112 valence electrons. The third kappa shape index (κ3) is 3.18. The molecule has 4 nitrogen and oxygen atoms in total. The van der Waals surface area contributed by atoms with E-state index in [0.29, 0.717) is 17.1 Å². The summed E-state index contributed by atoms with van der Waals surface area (Å²) < 4.78 is 28.0. The second-order valence-electron chi connectivity index (χ2n) is 5.21. The Labute approximate surface area is 129 Å². The van der Waals surface area contributed by atoms with E-state index >= 15 is 0 Å². The molecule has 0 bridgehead atoms. The Morgan fingerprint density at radius 1 is 1.35 bits per heavy atom. The van der Waals surface area contributed by atoms with Crippen LogP contribution in [0.5, 0.6) is 0 Å². The Bertz CT molecular complexity index is 575. The minimum atomic E-state index is -3.45. The Balaban J connectivity index is 2.38. The van der Waals surface area contributed by atoms with Gasteiger partial charge in [-0.1, -0.05) is 19.8 Å². The molecule has 1 aromatic rings. The van der Waals surface area contributed by atoms with E-state index in [0.717, 1.165) is 36.6 Å². The summed E-state index contributed by atoms with van der Waals surface area (Å²) in [6.07, 6.45) is 4.94. The van der Waals surface area contributed by atoms with Gasteiger partial charge in [0, 0.05) is 22.7 Å². The van der Waals surface area contributed by atoms with E-state index < -0.39 is 10.0 Å². The van der Waals surface area contributed by atoms with Crippen molar-refractivity contribution in [1.82, 2.24) is 4.31 Å². The van der Waals surface area contributed by atoms with Crippen molar-refractivity contribution in [3.63, 3.8) is 0 Å². The van der Waals surface area contributed by atoms with Crippen LogP contribution in [0.15, 0.2) is 27.6 Å². The van der Waals surface area contributed by atoms with Crippen molar-refractivity contribution < 1.29 is 8.42 Å². The molecule has 0 spiro atoms. The lowest BCUT2D eigenvalue weighted by Crippen LogP contribution is -2.39. The van der Waals surface area contributed by atoms with E-state index in [2.05, 4.69) is 22.9 Å². The van der Waals surface area contributed by atoms with E-state index in [-0.39, 0.29) is 6.04 Å². The fourth-order valence-corrected chi connectivity index (χ4v) is 4.74. The minimum Gasteiger partial charge on any atom is -0.398 e. The van der Waals surface area contributed by atoms with E-state index in [1.54, 1.807) is 16.4 Å². The van der Waals surface area contributed by atoms with Gasteiger partial charge in [-0.2, -0.15) is 4.31 Å². The molecule has 20 heavy (non-hydrogen) atoms.